The molecule has 1 saturated heterocycles. The molecular formula is C14H12F6O7S. The Bertz CT molecular complexity index is 798. The molecule has 1 aliphatic heterocycles. The minimum atomic E-state index is -6.39. The van der Waals surface area contributed by atoms with Crippen molar-refractivity contribution < 1.29 is 58.3 Å². The third kappa shape index (κ3) is 5.26. The van der Waals surface area contributed by atoms with Crippen LogP contribution < -0.4 is 4.74 Å². The SMILES string of the molecule is O=C(COc1ccc(C2CO2)cc1)OC(CS(=O)(=O)O)(C(F)(F)F)C(F)(F)F. The number of hydrogen-bond donors (Lipinski definition) is 1. The van der Waals surface area contributed by atoms with Crippen LogP contribution in [0, 0.1) is 0 Å². The fourth-order valence-electron chi connectivity index (χ4n) is 2.11. The summed E-state index contributed by atoms with van der Waals surface area (Å²) >= 11 is 0. The Kier molecular flexibility index (Phi) is 5.88. The summed E-state index contributed by atoms with van der Waals surface area (Å²) in [6, 6.07) is 5.60. The van der Waals surface area contributed by atoms with E-state index in [4.69, 9.17) is 14.0 Å². The molecule has 0 bridgehead atoms. The second-order valence-electron chi connectivity index (χ2n) is 5.70. The number of carbonyl (C=O) groups excluding carboxylic acids is 1. The highest BCUT2D eigenvalue weighted by Gasteiger charge is 2.75. The van der Waals surface area contributed by atoms with Crippen LogP contribution in [0.25, 0.3) is 0 Å². The van der Waals surface area contributed by atoms with Gasteiger partial charge in [-0.1, -0.05) is 12.1 Å². The number of carbonyl (C=O) groups is 1. The summed E-state index contributed by atoms with van der Waals surface area (Å²) in [5.74, 6) is -5.16. The Balaban J connectivity index is 2.14. The van der Waals surface area contributed by atoms with Crippen molar-refractivity contribution in [3.63, 3.8) is 0 Å². The van der Waals surface area contributed by atoms with Gasteiger partial charge in [-0.05, 0) is 17.7 Å². The highest BCUT2D eigenvalue weighted by atomic mass is 32.2. The Morgan fingerprint density at radius 2 is 1.61 bits per heavy atom. The summed E-state index contributed by atoms with van der Waals surface area (Å²) in [4.78, 5) is 11.6. The van der Waals surface area contributed by atoms with Gasteiger partial charge in [0.1, 0.15) is 17.6 Å². The van der Waals surface area contributed by atoms with E-state index in [1.54, 1.807) is 0 Å². The minimum Gasteiger partial charge on any atom is -0.482 e. The maximum atomic E-state index is 13.0. The lowest BCUT2D eigenvalue weighted by atomic mass is 10.1. The molecule has 0 radical (unpaired) electrons. The summed E-state index contributed by atoms with van der Waals surface area (Å²) in [5.41, 5.74) is -4.71. The summed E-state index contributed by atoms with van der Waals surface area (Å²) in [6.07, 6.45) is -12.9. The standard InChI is InChI=1S/C14H12F6O7S/c15-13(16,17)12(14(18,19)20,7-28(22,23)24)27-11(21)6-25-9-3-1-8(2-4-9)10-5-26-10/h1-4,10H,5-7H2,(H,22,23,24). The molecular weight excluding hydrogens is 426 g/mol. The zero-order chi connectivity index (χ0) is 21.4. The Morgan fingerprint density at radius 3 is 2.00 bits per heavy atom. The van der Waals surface area contributed by atoms with Crippen LogP contribution in [0.3, 0.4) is 0 Å². The van der Waals surface area contributed by atoms with Gasteiger partial charge in [0.15, 0.2) is 6.61 Å². The van der Waals surface area contributed by atoms with E-state index in [2.05, 4.69) is 4.74 Å². The zero-order valence-electron chi connectivity index (χ0n) is 13.6. The molecule has 14 heteroatoms. The lowest BCUT2D eigenvalue weighted by Crippen LogP contribution is -2.63. The first kappa shape index (κ1) is 22.2. The fraction of sp³-hybridized carbons (Fsp3) is 0.500. The Labute approximate surface area is 153 Å². The van der Waals surface area contributed by atoms with Crippen LogP contribution in [0.15, 0.2) is 24.3 Å². The number of ether oxygens (including phenoxy) is 3. The Hall–Kier alpha value is -2.06. The molecule has 28 heavy (non-hydrogen) atoms. The molecule has 1 aromatic rings. The van der Waals surface area contributed by atoms with Crippen LogP contribution in [0.2, 0.25) is 0 Å². The van der Waals surface area contributed by atoms with Crippen molar-refractivity contribution in [2.75, 3.05) is 19.0 Å². The van der Waals surface area contributed by atoms with Gasteiger partial charge >= 0.3 is 23.9 Å². The third-order valence-electron chi connectivity index (χ3n) is 3.53. The second-order valence-corrected chi connectivity index (χ2v) is 7.16. The molecule has 7 nitrogen and oxygen atoms in total. The number of rotatable bonds is 7. The summed E-state index contributed by atoms with van der Waals surface area (Å²) in [6.45, 7) is -0.879. The topological polar surface area (TPSA) is 102 Å². The monoisotopic (exact) mass is 438 g/mol. The third-order valence-corrected chi connectivity index (χ3v) is 4.30. The zero-order valence-corrected chi connectivity index (χ0v) is 14.4. The number of esters is 1. The average molecular weight is 438 g/mol. The predicted octanol–water partition coefficient (Wildman–Crippen LogP) is 2.43. The molecule has 0 aliphatic carbocycles. The molecule has 1 unspecified atom stereocenters. The van der Waals surface area contributed by atoms with Crippen LogP contribution >= 0.6 is 0 Å². The van der Waals surface area contributed by atoms with Crippen molar-refractivity contribution in [2.24, 2.45) is 0 Å². The van der Waals surface area contributed by atoms with Gasteiger partial charge in [-0.2, -0.15) is 34.8 Å². The van der Waals surface area contributed by atoms with Gasteiger partial charge in [0.2, 0.25) is 0 Å². The molecule has 0 saturated carbocycles. The quantitative estimate of drug-likeness (QED) is 0.302. The van der Waals surface area contributed by atoms with E-state index in [0.717, 1.165) is 5.56 Å². The van der Waals surface area contributed by atoms with Crippen molar-refractivity contribution in [1.82, 2.24) is 0 Å². The molecule has 1 aromatic carbocycles. The Morgan fingerprint density at radius 1 is 1.11 bits per heavy atom. The molecule has 0 spiro atoms. The van der Waals surface area contributed by atoms with E-state index < -0.39 is 46.4 Å². The molecule has 1 aliphatic rings. The van der Waals surface area contributed by atoms with Gasteiger partial charge in [-0.3, -0.25) is 4.55 Å². The lowest BCUT2D eigenvalue weighted by Gasteiger charge is -2.35. The van der Waals surface area contributed by atoms with Gasteiger partial charge in [0, 0.05) is 0 Å². The number of benzene rings is 1. The highest BCUT2D eigenvalue weighted by Crippen LogP contribution is 2.46. The second kappa shape index (κ2) is 7.40. The average Bonchev–Trinajstić information content (AvgIpc) is 3.34. The first-order chi connectivity index (χ1) is 12.6. The number of epoxide rings is 1. The predicted molar refractivity (Wildman–Crippen MR) is 78.0 cm³/mol. The van der Waals surface area contributed by atoms with Crippen LogP contribution in [0.1, 0.15) is 11.7 Å². The molecule has 158 valence electrons. The van der Waals surface area contributed by atoms with Crippen molar-refractivity contribution in [2.45, 2.75) is 24.1 Å². The molecule has 1 N–H and O–H groups in total. The molecule has 0 aromatic heterocycles. The summed E-state index contributed by atoms with van der Waals surface area (Å²) < 4.78 is 121. The lowest BCUT2D eigenvalue weighted by molar-refractivity contribution is -0.361. The van der Waals surface area contributed by atoms with Crippen molar-refractivity contribution in [3.05, 3.63) is 29.8 Å². The number of alkyl halides is 6. The van der Waals surface area contributed by atoms with Crippen LogP contribution in [0.5, 0.6) is 5.75 Å². The maximum absolute atomic E-state index is 13.0. The van der Waals surface area contributed by atoms with Crippen LogP contribution in [-0.4, -0.2) is 55.9 Å². The molecule has 1 fully saturated rings. The first-order valence-corrected chi connectivity index (χ1v) is 8.90. The number of halogens is 6. The van der Waals surface area contributed by atoms with Gasteiger partial charge < -0.3 is 14.2 Å². The number of hydrogen-bond acceptors (Lipinski definition) is 6. The van der Waals surface area contributed by atoms with Crippen molar-refractivity contribution in [1.29, 1.82) is 0 Å². The van der Waals surface area contributed by atoms with E-state index in [1.807, 2.05) is 0 Å². The smallest absolute Gasteiger partial charge is 0.438 e. The fourth-order valence-corrected chi connectivity index (χ4v) is 3.01. The van der Waals surface area contributed by atoms with E-state index in [0.29, 0.717) is 6.61 Å². The summed E-state index contributed by atoms with van der Waals surface area (Å²) in [7, 11) is -5.84. The van der Waals surface area contributed by atoms with Gasteiger partial charge in [0.05, 0.1) is 6.61 Å². The summed E-state index contributed by atoms with van der Waals surface area (Å²) in [5, 5.41) is 0. The molecule has 1 heterocycles. The largest absolute Gasteiger partial charge is 0.482 e. The first-order valence-electron chi connectivity index (χ1n) is 7.29. The van der Waals surface area contributed by atoms with E-state index in [-0.39, 0.29) is 11.9 Å². The minimum absolute atomic E-state index is 0.0688. The van der Waals surface area contributed by atoms with Crippen molar-refractivity contribution >= 4 is 16.1 Å². The maximum Gasteiger partial charge on any atom is 0.438 e. The molecule has 2 rings (SSSR count). The van der Waals surface area contributed by atoms with E-state index in [9.17, 15) is 39.6 Å². The van der Waals surface area contributed by atoms with Gasteiger partial charge in [-0.15, -0.1) is 0 Å². The van der Waals surface area contributed by atoms with E-state index in [1.165, 1.54) is 24.3 Å². The van der Waals surface area contributed by atoms with Gasteiger partial charge in [-0.25, -0.2) is 4.79 Å². The van der Waals surface area contributed by atoms with Crippen LogP contribution in [-0.2, 0) is 24.4 Å². The van der Waals surface area contributed by atoms with Gasteiger partial charge in [0.25, 0.3) is 10.1 Å². The normalized spacial score (nSPS) is 17.9. The highest BCUT2D eigenvalue weighted by molar-refractivity contribution is 7.85. The van der Waals surface area contributed by atoms with E-state index >= 15 is 0 Å². The van der Waals surface area contributed by atoms with Crippen LogP contribution in [0.4, 0.5) is 26.3 Å². The van der Waals surface area contributed by atoms with Crippen molar-refractivity contribution in [3.8, 4) is 5.75 Å². The molecule has 0 amide bonds. The molecule has 1 atom stereocenters.